The van der Waals surface area contributed by atoms with Crippen LogP contribution in [0.1, 0.15) is 30.6 Å². The highest BCUT2D eigenvalue weighted by atomic mass is 19.4. The van der Waals surface area contributed by atoms with Crippen LogP contribution >= 0.6 is 0 Å². The maximum absolute atomic E-state index is 12.9. The van der Waals surface area contributed by atoms with Crippen molar-refractivity contribution >= 4 is 0 Å². The van der Waals surface area contributed by atoms with Gasteiger partial charge in [-0.1, -0.05) is 37.3 Å². The molecular formula is C16H15F3O2. The number of para-hydroxylation sites is 2. The van der Waals surface area contributed by atoms with Gasteiger partial charge in [0.15, 0.2) is 0 Å². The first-order valence-electron chi connectivity index (χ1n) is 6.54. The number of alkyl halides is 3. The first kappa shape index (κ1) is 15.4. The predicted molar refractivity (Wildman–Crippen MR) is 73.2 cm³/mol. The molecule has 0 aliphatic carbocycles. The normalized spacial score (nSPS) is 13.0. The van der Waals surface area contributed by atoms with Gasteiger partial charge in [0.2, 0.25) is 0 Å². The van der Waals surface area contributed by atoms with Crippen molar-refractivity contribution in [2.75, 3.05) is 0 Å². The average Bonchev–Trinajstić information content (AvgIpc) is 2.46. The smallest absolute Gasteiger partial charge is 0.419 e. The first-order valence-corrected chi connectivity index (χ1v) is 6.54. The van der Waals surface area contributed by atoms with Gasteiger partial charge >= 0.3 is 6.18 Å². The van der Waals surface area contributed by atoms with Crippen LogP contribution < -0.4 is 4.74 Å². The molecule has 2 aromatic carbocycles. The number of halogens is 3. The van der Waals surface area contributed by atoms with E-state index in [1.165, 1.54) is 18.2 Å². The molecule has 0 saturated heterocycles. The van der Waals surface area contributed by atoms with E-state index in [1.807, 2.05) is 0 Å². The van der Waals surface area contributed by atoms with Gasteiger partial charge in [-0.2, -0.15) is 13.2 Å². The quantitative estimate of drug-likeness (QED) is 0.865. The molecule has 0 bridgehead atoms. The molecule has 0 amide bonds. The molecule has 21 heavy (non-hydrogen) atoms. The fourth-order valence-electron chi connectivity index (χ4n) is 1.98. The van der Waals surface area contributed by atoms with Gasteiger partial charge in [0.05, 0.1) is 11.7 Å². The summed E-state index contributed by atoms with van der Waals surface area (Å²) >= 11 is 0. The summed E-state index contributed by atoms with van der Waals surface area (Å²) in [6, 6.07) is 11.5. The SMILES string of the molecule is CC[C@H](O)c1ccccc1Oc1ccccc1C(F)(F)F. The minimum absolute atomic E-state index is 0.226. The lowest BCUT2D eigenvalue weighted by Crippen LogP contribution is -2.07. The van der Waals surface area contributed by atoms with Crippen LogP contribution in [-0.4, -0.2) is 5.11 Å². The summed E-state index contributed by atoms with van der Waals surface area (Å²) in [4.78, 5) is 0. The zero-order valence-electron chi connectivity index (χ0n) is 11.4. The Morgan fingerprint density at radius 1 is 1.00 bits per heavy atom. The van der Waals surface area contributed by atoms with Crippen molar-refractivity contribution in [3.63, 3.8) is 0 Å². The minimum Gasteiger partial charge on any atom is -0.456 e. The Balaban J connectivity index is 2.40. The molecule has 0 unspecified atom stereocenters. The van der Waals surface area contributed by atoms with Gasteiger partial charge in [0.1, 0.15) is 11.5 Å². The van der Waals surface area contributed by atoms with Crippen molar-refractivity contribution < 1.29 is 23.0 Å². The maximum Gasteiger partial charge on any atom is 0.419 e. The van der Waals surface area contributed by atoms with E-state index >= 15 is 0 Å². The Kier molecular flexibility index (Phi) is 4.53. The van der Waals surface area contributed by atoms with Gasteiger partial charge in [-0.3, -0.25) is 0 Å². The van der Waals surface area contributed by atoms with E-state index in [2.05, 4.69) is 0 Å². The summed E-state index contributed by atoms with van der Waals surface area (Å²) in [6.45, 7) is 1.78. The molecule has 2 rings (SSSR count). The molecular weight excluding hydrogens is 281 g/mol. The van der Waals surface area contributed by atoms with Gasteiger partial charge in [-0.15, -0.1) is 0 Å². The minimum atomic E-state index is -4.49. The number of aliphatic hydroxyl groups is 1. The van der Waals surface area contributed by atoms with E-state index < -0.39 is 17.8 Å². The van der Waals surface area contributed by atoms with Crippen LogP contribution in [0.25, 0.3) is 0 Å². The molecule has 1 atom stereocenters. The lowest BCUT2D eigenvalue weighted by Gasteiger charge is -2.17. The highest BCUT2D eigenvalue weighted by molar-refractivity contribution is 5.43. The van der Waals surface area contributed by atoms with Crippen LogP contribution in [0.4, 0.5) is 13.2 Å². The second kappa shape index (κ2) is 6.18. The van der Waals surface area contributed by atoms with Crippen LogP contribution in [0.2, 0.25) is 0 Å². The summed E-state index contributed by atoms with van der Waals surface area (Å²) in [5.41, 5.74) is -0.372. The molecule has 0 aliphatic heterocycles. The van der Waals surface area contributed by atoms with Crippen molar-refractivity contribution in [3.05, 3.63) is 59.7 Å². The summed E-state index contributed by atoms with van der Waals surface area (Å²) in [6.07, 6.45) is -4.82. The monoisotopic (exact) mass is 296 g/mol. The topological polar surface area (TPSA) is 29.5 Å². The van der Waals surface area contributed by atoms with E-state index in [1.54, 1.807) is 31.2 Å². The van der Waals surface area contributed by atoms with Crippen molar-refractivity contribution in [3.8, 4) is 11.5 Å². The van der Waals surface area contributed by atoms with E-state index in [-0.39, 0.29) is 11.5 Å². The number of rotatable bonds is 4. The van der Waals surface area contributed by atoms with Gasteiger partial charge in [0.25, 0.3) is 0 Å². The zero-order chi connectivity index (χ0) is 15.5. The van der Waals surface area contributed by atoms with Crippen LogP contribution in [0.5, 0.6) is 11.5 Å². The molecule has 0 radical (unpaired) electrons. The van der Waals surface area contributed by atoms with Gasteiger partial charge in [-0.05, 0) is 24.6 Å². The molecule has 0 saturated carbocycles. The largest absolute Gasteiger partial charge is 0.456 e. The standard InChI is InChI=1S/C16H15F3O2/c1-2-13(20)11-7-3-5-9-14(11)21-15-10-6-4-8-12(15)16(17,18)19/h3-10,13,20H,2H2,1H3/t13-/m0/s1. The van der Waals surface area contributed by atoms with E-state index in [0.29, 0.717) is 12.0 Å². The second-order valence-electron chi connectivity index (χ2n) is 4.56. The maximum atomic E-state index is 12.9. The molecule has 0 aliphatic rings. The van der Waals surface area contributed by atoms with Gasteiger partial charge in [0, 0.05) is 5.56 Å². The van der Waals surface area contributed by atoms with Gasteiger partial charge in [-0.25, -0.2) is 0 Å². The van der Waals surface area contributed by atoms with Crippen LogP contribution in [0, 0.1) is 0 Å². The zero-order valence-corrected chi connectivity index (χ0v) is 11.4. The molecule has 112 valence electrons. The Bertz CT molecular complexity index is 608. The van der Waals surface area contributed by atoms with Gasteiger partial charge < -0.3 is 9.84 Å². The summed E-state index contributed by atoms with van der Waals surface area (Å²) in [7, 11) is 0. The van der Waals surface area contributed by atoms with Crippen molar-refractivity contribution in [1.82, 2.24) is 0 Å². The Morgan fingerprint density at radius 3 is 2.19 bits per heavy atom. The highest BCUT2D eigenvalue weighted by Gasteiger charge is 2.34. The van der Waals surface area contributed by atoms with E-state index in [9.17, 15) is 18.3 Å². The summed E-state index contributed by atoms with van der Waals surface area (Å²) in [5, 5.41) is 9.92. The summed E-state index contributed by atoms with van der Waals surface area (Å²) in [5.74, 6) is -0.0516. The second-order valence-corrected chi connectivity index (χ2v) is 4.56. The van der Waals surface area contributed by atoms with Crippen LogP contribution in [-0.2, 0) is 6.18 Å². The highest BCUT2D eigenvalue weighted by Crippen LogP contribution is 2.39. The predicted octanol–water partition coefficient (Wildman–Crippen LogP) is 4.94. The molecule has 5 heteroatoms. The number of aliphatic hydroxyl groups excluding tert-OH is 1. The van der Waals surface area contributed by atoms with Crippen molar-refractivity contribution in [2.24, 2.45) is 0 Å². The number of hydrogen-bond donors (Lipinski definition) is 1. The van der Waals surface area contributed by atoms with E-state index in [0.717, 1.165) is 6.07 Å². The number of hydrogen-bond acceptors (Lipinski definition) is 2. The molecule has 0 aromatic heterocycles. The summed E-state index contributed by atoms with van der Waals surface area (Å²) < 4.78 is 44.3. The fraction of sp³-hybridized carbons (Fsp3) is 0.250. The molecule has 2 nitrogen and oxygen atoms in total. The molecule has 0 heterocycles. The lowest BCUT2D eigenvalue weighted by molar-refractivity contribution is -0.138. The van der Waals surface area contributed by atoms with Crippen molar-refractivity contribution in [2.45, 2.75) is 25.6 Å². The van der Waals surface area contributed by atoms with E-state index in [4.69, 9.17) is 4.74 Å². The van der Waals surface area contributed by atoms with Crippen LogP contribution in [0.15, 0.2) is 48.5 Å². The molecule has 0 spiro atoms. The number of benzene rings is 2. The average molecular weight is 296 g/mol. The first-order chi connectivity index (χ1) is 9.93. The van der Waals surface area contributed by atoms with Crippen LogP contribution in [0.3, 0.4) is 0 Å². The Morgan fingerprint density at radius 2 is 1.57 bits per heavy atom. The Labute approximate surface area is 120 Å². The third-order valence-electron chi connectivity index (χ3n) is 3.08. The fourth-order valence-corrected chi connectivity index (χ4v) is 1.98. The lowest BCUT2D eigenvalue weighted by atomic mass is 10.1. The van der Waals surface area contributed by atoms with Crippen molar-refractivity contribution in [1.29, 1.82) is 0 Å². The molecule has 1 N–H and O–H groups in total. The molecule has 2 aromatic rings. The Hall–Kier alpha value is -2.01. The third-order valence-corrected chi connectivity index (χ3v) is 3.08. The third kappa shape index (κ3) is 3.55. The molecule has 0 fully saturated rings. The number of ether oxygens (including phenoxy) is 1.